The Labute approximate surface area is 155 Å². The van der Waals surface area contributed by atoms with E-state index >= 15 is 0 Å². The highest BCUT2D eigenvalue weighted by Crippen LogP contribution is 2.29. The zero-order valence-electron chi connectivity index (χ0n) is 15.2. The fourth-order valence-corrected chi connectivity index (χ4v) is 3.47. The van der Waals surface area contributed by atoms with Gasteiger partial charge >= 0.3 is 0 Å². The Kier molecular flexibility index (Phi) is 4.92. The molecule has 0 fully saturated rings. The Balaban J connectivity index is 0.00000210. The van der Waals surface area contributed by atoms with Crippen molar-refractivity contribution < 1.29 is 14.3 Å². The van der Waals surface area contributed by atoms with E-state index < -0.39 is 5.97 Å². The van der Waals surface area contributed by atoms with Gasteiger partial charge in [-0.2, -0.15) is 0 Å². The van der Waals surface area contributed by atoms with E-state index in [0.717, 1.165) is 27.9 Å². The second-order valence-electron chi connectivity index (χ2n) is 6.36. The molecule has 0 atom stereocenters. The SMILES string of the molecule is Cc1c(Cc2ccc3ccccc3n2)c2cc(F)ccc2n1CC(=O)[O-].[NH4+]. The van der Waals surface area contributed by atoms with Gasteiger partial charge in [-0.05, 0) is 42.8 Å². The number of carboxylic acids is 1. The number of pyridine rings is 1. The monoisotopic (exact) mass is 365 g/mol. The number of hydrogen-bond acceptors (Lipinski definition) is 3. The summed E-state index contributed by atoms with van der Waals surface area (Å²) in [6, 6.07) is 16.2. The normalized spacial score (nSPS) is 10.9. The molecule has 0 radical (unpaired) electrons. The predicted molar refractivity (Wildman–Crippen MR) is 102 cm³/mol. The van der Waals surface area contributed by atoms with E-state index in [4.69, 9.17) is 0 Å². The highest BCUT2D eigenvalue weighted by atomic mass is 19.1. The van der Waals surface area contributed by atoms with Crippen LogP contribution in [0.2, 0.25) is 0 Å². The Morgan fingerprint density at radius 1 is 1.15 bits per heavy atom. The first-order chi connectivity index (χ1) is 12.5. The number of carbonyl (C=O) groups is 1. The number of carboxylic acid groups (broad SMARTS) is 1. The summed E-state index contributed by atoms with van der Waals surface area (Å²) < 4.78 is 15.5. The highest BCUT2D eigenvalue weighted by Gasteiger charge is 2.16. The van der Waals surface area contributed by atoms with Crippen LogP contribution in [-0.2, 0) is 17.8 Å². The van der Waals surface area contributed by atoms with Crippen molar-refractivity contribution in [2.24, 2.45) is 0 Å². The Hall–Kier alpha value is -3.25. The molecule has 0 saturated carbocycles. The molecule has 2 heterocycles. The molecule has 0 aliphatic rings. The van der Waals surface area contributed by atoms with Crippen molar-refractivity contribution in [1.82, 2.24) is 15.7 Å². The quantitative estimate of drug-likeness (QED) is 0.601. The molecule has 0 aliphatic heterocycles. The lowest BCUT2D eigenvalue weighted by Gasteiger charge is -2.09. The van der Waals surface area contributed by atoms with Crippen LogP contribution in [0.4, 0.5) is 4.39 Å². The number of aromatic nitrogens is 2. The van der Waals surface area contributed by atoms with Gasteiger partial charge in [0.15, 0.2) is 0 Å². The summed E-state index contributed by atoms with van der Waals surface area (Å²) in [5.41, 5.74) is 4.09. The fraction of sp³-hybridized carbons (Fsp3) is 0.143. The summed E-state index contributed by atoms with van der Waals surface area (Å²) in [5, 5.41) is 12.9. The predicted octanol–water partition coefficient (Wildman–Crippen LogP) is 3.35. The molecule has 0 amide bonds. The van der Waals surface area contributed by atoms with Gasteiger partial charge in [0.2, 0.25) is 0 Å². The van der Waals surface area contributed by atoms with Crippen LogP contribution in [-0.4, -0.2) is 15.5 Å². The second kappa shape index (κ2) is 7.17. The first-order valence-corrected chi connectivity index (χ1v) is 8.34. The number of hydrogen-bond donors (Lipinski definition) is 1. The van der Waals surface area contributed by atoms with E-state index in [-0.39, 0.29) is 18.5 Å². The minimum atomic E-state index is -1.18. The average molecular weight is 365 g/mol. The molecule has 27 heavy (non-hydrogen) atoms. The highest BCUT2D eigenvalue weighted by molar-refractivity contribution is 5.87. The number of nitrogens with zero attached hydrogens (tertiary/aromatic N) is 2. The van der Waals surface area contributed by atoms with Crippen molar-refractivity contribution in [3.8, 4) is 0 Å². The number of carbonyl (C=O) groups excluding carboxylic acids is 1. The van der Waals surface area contributed by atoms with Crippen LogP contribution in [0, 0.1) is 12.7 Å². The maximum atomic E-state index is 13.8. The van der Waals surface area contributed by atoms with Crippen LogP contribution >= 0.6 is 0 Å². The third kappa shape index (κ3) is 3.39. The van der Waals surface area contributed by atoms with Crippen molar-refractivity contribution in [1.29, 1.82) is 0 Å². The molecule has 138 valence electrons. The third-order valence-electron chi connectivity index (χ3n) is 4.72. The van der Waals surface area contributed by atoms with Gasteiger partial charge in [-0.15, -0.1) is 0 Å². The van der Waals surface area contributed by atoms with Crippen LogP contribution in [0.15, 0.2) is 54.6 Å². The molecular formula is C21H20FN3O2. The van der Waals surface area contributed by atoms with E-state index in [1.54, 1.807) is 10.6 Å². The Morgan fingerprint density at radius 3 is 2.70 bits per heavy atom. The van der Waals surface area contributed by atoms with Crippen LogP contribution in [0.5, 0.6) is 0 Å². The summed E-state index contributed by atoms with van der Waals surface area (Å²) in [6.07, 6.45) is 0.497. The largest absolute Gasteiger partial charge is 0.548 e. The topological polar surface area (TPSA) is 94.5 Å². The van der Waals surface area contributed by atoms with Gasteiger partial charge in [0.25, 0.3) is 0 Å². The minimum Gasteiger partial charge on any atom is -0.548 e. The lowest BCUT2D eigenvalue weighted by Crippen LogP contribution is -2.27. The van der Waals surface area contributed by atoms with Crippen LogP contribution < -0.4 is 11.3 Å². The van der Waals surface area contributed by atoms with Crippen molar-refractivity contribution in [2.45, 2.75) is 19.9 Å². The number of benzene rings is 2. The lowest BCUT2D eigenvalue weighted by molar-refractivity contribution is -0.306. The first kappa shape index (κ1) is 18.5. The van der Waals surface area contributed by atoms with Gasteiger partial charge in [0.1, 0.15) is 5.82 Å². The zero-order chi connectivity index (χ0) is 18.3. The molecule has 4 rings (SSSR count). The van der Waals surface area contributed by atoms with Gasteiger partial charge in [-0.3, -0.25) is 4.98 Å². The number of para-hydroxylation sites is 1. The molecule has 0 aliphatic carbocycles. The number of halogens is 1. The summed E-state index contributed by atoms with van der Waals surface area (Å²) in [6.45, 7) is 1.58. The van der Waals surface area contributed by atoms with E-state index in [1.807, 2.05) is 43.3 Å². The molecule has 0 saturated heterocycles. The number of fused-ring (bicyclic) bond motifs is 2. The number of quaternary nitrogens is 1. The lowest BCUT2D eigenvalue weighted by atomic mass is 10.0. The molecule has 4 aromatic rings. The number of aliphatic carboxylic acids is 1. The molecule has 4 N–H and O–H groups in total. The summed E-state index contributed by atoms with van der Waals surface area (Å²) in [4.78, 5) is 15.8. The molecule has 5 nitrogen and oxygen atoms in total. The van der Waals surface area contributed by atoms with Crippen LogP contribution in [0.1, 0.15) is 17.0 Å². The third-order valence-corrected chi connectivity index (χ3v) is 4.72. The van der Waals surface area contributed by atoms with Gasteiger partial charge in [-0.25, -0.2) is 4.39 Å². The molecule has 2 aromatic carbocycles. The standard InChI is InChI=1S/C21H17FN2O2.H3N/c1-13-17(11-16-8-6-14-4-2-3-5-19(14)23-16)18-10-15(22)7-9-20(18)24(13)12-21(25)26;/h2-10H,11-12H2,1H3,(H,25,26);1H3. The molecule has 0 bridgehead atoms. The van der Waals surface area contributed by atoms with E-state index in [0.29, 0.717) is 17.3 Å². The van der Waals surface area contributed by atoms with Crippen molar-refractivity contribution in [2.75, 3.05) is 0 Å². The summed E-state index contributed by atoms with van der Waals surface area (Å²) >= 11 is 0. The van der Waals surface area contributed by atoms with Crippen molar-refractivity contribution >= 4 is 27.8 Å². The molecular weight excluding hydrogens is 345 g/mol. The van der Waals surface area contributed by atoms with E-state index in [1.165, 1.54) is 12.1 Å². The Bertz CT molecular complexity index is 1150. The molecule has 6 heteroatoms. The summed E-state index contributed by atoms with van der Waals surface area (Å²) in [5.74, 6) is -1.53. The van der Waals surface area contributed by atoms with Crippen molar-refractivity contribution in [3.05, 3.63) is 77.4 Å². The Morgan fingerprint density at radius 2 is 1.93 bits per heavy atom. The minimum absolute atomic E-state index is 0. The second-order valence-corrected chi connectivity index (χ2v) is 6.36. The van der Waals surface area contributed by atoms with E-state index in [2.05, 4.69) is 4.98 Å². The van der Waals surface area contributed by atoms with Crippen LogP contribution in [0.25, 0.3) is 21.8 Å². The maximum absolute atomic E-state index is 13.8. The van der Waals surface area contributed by atoms with Gasteiger partial charge in [-0.1, -0.05) is 24.3 Å². The average Bonchev–Trinajstić information content (AvgIpc) is 2.86. The zero-order valence-corrected chi connectivity index (χ0v) is 15.2. The van der Waals surface area contributed by atoms with Gasteiger partial charge < -0.3 is 20.6 Å². The first-order valence-electron chi connectivity index (χ1n) is 8.34. The molecule has 2 aromatic heterocycles. The maximum Gasteiger partial charge on any atom is 0.123 e. The summed E-state index contributed by atoms with van der Waals surface area (Å²) in [7, 11) is 0. The molecule has 0 unspecified atom stereocenters. The van der Waals surface area contributed by atoms with Crippen molar-refractivity contribution in [3.63, 3.8) is 0 Å². The number of rotatable bonds is 4. The van der Waals surface area contributed by atoms with Gasteiger partial charge in [0.05, 0.1) is 18.0 Å². The smallest absolute Gasteiger partial charge is 0.123 e. The van der Waals surface area contributed by atoms with E-state index in [9.17, 15) is 14.3 Å². The molecule has 0 spiro atoms. The van der Waals surface area contributed by atoms with Crippen LogP contribution in [0.3, 0.4) is 0 Å². The van der Waals surface area contributed by atoms with Gasteiger partial charge in [0, 0.05) is 34.1 Å². The fourth-order valence-electron chi connectivity index (χ4n) is 3.47.